The third-order valence-electron chi connectivity index (χ3n) is 2.32. The van der Waals surface area contributed by atoms with E-state index in [0.29, 0.717) is 6.54 Å². The second kappa shape index (κ2) is 6.27. The Kier molecular flexibility index (Phi) is 4.98. The highest BCUT2D eigenvalue weighted by Gasteiger charge is 2.15. The van der Waals surface area contributed by atoms with Crippen LogP contribution < -0.4 is 10.1 Å². The first kappa shape index (κ1) is 15.1. The quantitative estimate of drug-likeness (QED) is 0.907. The molecule has 4 nitrogen and oxygen atoms in total. The molecule has 0 unspecified atom stereocenters. The number of hydrogen-bond acceptors (Lipinski definition) is 3. The highest BCUT2D eigenvalue weighted by molar-refractivity contribution is 5.73. The third-order valence-corrected chi connectivity index (χ3v) is 2.32. The second-order valence-corrected chi connectivity index (χ2v) is 5.19. The monoisotopic (exact) mass is 263 g/mol. The fourth-order valence-corrected chi connectivity index (χ4v) is 1.44. The lowest BCUT2D eigenvalue weighted by atomic mass is 10.1. The van der Waals surface area contributed by atoms with Gasteiger partial charge in [-0.15, -0.1) is 0 Å². The van der Waals surface area contributed by atoms with Gasteiger partial charge in [-0.3, -0.25) is 0 Å². The summed E-state index contributed by atoms with van der Waals surface area (Å²) in [6.07, 6.45) is -0.448. The van der Waals surface area contributed by atoms with E-state index in [4.69, 9.17) is 9.47 Å². The van der Waals surface area contributed by atoms with E-state index in [0.717, 1.165) is 16.9 Å². The number of carbonyl (C=O) groups excluding carboxylic acids is 1. The molecule has 0 radical (unpaired) electrons. The summed E-state index contributed by atoms with van der Waals surface area (Å²) < 4.78 is 10.3. The number of amides is 1. The molecular weight excluding hydrogens is 242 g/mol. The maximum Gasteiger partial charge on any atom is 0.407 e. The largest absolute Gasteiger partial charge is 0.497 e. The standard InChI is InChI=1S/C15H21NO3/c1-11(10-16-14(17)19-15(2,3)4)12-7-6-8-13(9-12)18-5/h6-9H,1,10H2,2-5H3,(H,16,17). The number of carbonyl (C=O) groups is 1. The minimum absolute atomic E-state index is 0.335. The summed E-state index contributed by atoms with van der Waals surface area (Å²) in [7, 11) is 1.61. The fraction of sp³-hybridized carbons (Fsp3) is 0.400. The molecule has 0 heterocycles. The smallest absolute Gasteiger partial charge is 0.407 e. The molecule has 4 heteroatoms. The van der Waals surface area contributed by atoms with Gasteiger partial charge in [0.05, 0.1) is 7.11 Å². The van der Waals surface area contributed by atoms with Crippen molar-refractivity contribution in [2.45, 2.75) is 26.4 Å². The van der Waals surface area contributed by atoms with Crippen molar-refractivity contribution in [2.75, 3.05) is 13.7 Å². The zero-order valence-corrected chi connectivity index (χ0v) is 11.9. The molecule has 0 aliphatic carbocycles. The molecule has 19 heavy (non-hydrogen) atoms. The maximum absolute atomic E-state index is 11.5. The van der Waals surface area contributed by atoms with Gasteiger partial charge >= 0.3 is 6.09 Å². The first-order valence-corrected chi connectivity index (χ1v) is 6.11. The van der Waals surface area contributed by atoms with Gasteiger partial charge in [0.15, 0.2) is 0 Å². The number of alkyl carbamates (subject to hydrolysis) is 1. The lowest BCUT2D eigenvalue weighted by Crippen LogP contribution is -2.33. The first-order chi connectivity index (χ1) is 8.81. The van der Waals surface area contributed by atoms with Crippen LogP contribution in [0.1, 0.15) is 26.3 Å². The summed E-state index contributed by atoms with van der Waals surface area (Å²) in [4.78, 5) is 11.5. The lowest BCUT2D eigenvalue weighted by Gasteiger charge is -2.20. The molecule has 0 aromatic heterocycles. The molecule has 1 amide bonds. The number of ether oxygens (including phenoxy) is 2. The summed E-state index contributed by atoms with van der Waals surface area (Å²) in [5, 5.41) is 2.67. The Morgan fingerprint density at radius 1 is 1.37 bits per heavy atom. The van der Waals surface area contributed by atoms with Crippen molar-refractivity contribution < 1.29 is 14.3 Å². The SMILES string of the molecule is C=C(CNC(=O)OC(C)(C)C)c1cccc(OC)c1. The van der Waals surface area contributed by atoms with Crippen molar-refractivity contribution >= 4 is 11.7 Å². The highest BCUT2D eigenvalue weighted by atomic mass is 16.6. The van der Waals surface area contributed by atoms with Crippen molar-refractivity contribution in [1.82, 2.24) is 5.32 Å². The van der Waals surface area contributed by atoms with Crippen LogP contribution in [0.2, 0.25) is 0 Å². The van der Waals surface area contributed by atoms with E-state index in [1.165, 1.54) is 0 Å². The predicted octanol–water partition coefficient (Wildman–Crippen LogP) is 3.23. The van der Waals surface area contributed by atoms with Crippen molar-refractivity contribution in [3.8, 4) is 5.75 Å². The zero-order valence-electron chi connectivity index (χ0n) is 11.9. The van der Waals surface area contributed by atoms with Crippen molar-refractivity contribution in [3.63, 3.8) is 0 Å². The summed E-state index contributed by atoms with van der Waals surface area (Å²) in [5.41, 5.74) is 1.22. The van der Waals surface area contributed by atoms with E-state index in [2.05, 4.69) is 11.9 Å². The van der Waals surface area contributed by atoms with Gasteiger partial charge in [-0.05, 0) is 44.0 Å². The van der Waals surface area contributed by atoms with Gasteiger partial charge in [0.1, 0.15) is 11.4 Å². The summed E-state index contributed by atoms with van der Waals surface area (Å²) >= 11 is 0. The Balaban J connectivity index is 2.53. The molecule has 1 aromatic rings. The average molecular weight is 263 g/mol. The van der Waals surface area contributed by atoms with Crippen LogP contribution >= 0.6 is 0 Å². The van der Waals surface area contributed by atoms with Crippen LogP contribution in [0.25, 0.3) is 5.57 Å². The molecule has 0 spiro atoms. The summed E-state index contributed by atoms with van der Waals surface area (Å²) in [5.74, 6) is 0.760. The van der Waals surface area contributed by atoms with Gasteiger partial charge in [0.2, 0.25) is 0 Å². The molecular formula is C15H21NO3. The van der Waals surface area contributed by atoms with Gasteiger partial charge < -0.3 is 14.8 Å². The highest BCUT2D eigenvalue weighted by Crippen LogP contribution is 2.18. The van der Waals surface area contributed by atoms with Crippen molar-refractivity contribution in [1.29, 1.82) is 0 Å². The number of nitrogens with one attached hydrogen (secondary N) is 1. The van der Waals surface area contributed by atoms with Crippen LogP contribution in [0.15, 0.2) is 30.8 Å². The van der Waals surface area contributed by atoms with Gasteiger partial charge in [-0.25, -0.2) is 4.79 Å². The number of methoxy groups -OCH3 is 1. The Bertz CT molecular complexity index is 461. The van der Waals surface area contributed by atoms with Gasteiger partial charge in [0.25, 0.3) is 0 Å². The number of rotatable bonds is 4. The topological polar surface area (TPSA) is 47.6 Å². The van der Waals surface area contributed by atoms with E-state index in [1.54, 1.807) is 7.11 Å². The number of hydrogen-bond donors (Lipinski definition) is 1. The van der Waals surface area contributed by atoms with E-state index >= 15 is 0 Å². The Hall–Kier alpha value is -1.97. The van der Waals surface area contributed by atoms with Crippen molar-refractivity contribution in [2.24, 2.45) is 0 Å². The molecule has 0 fully saturated rings. The second-order valence-electron chi connectivity index (χ2n) is 5.19. The molecule has 0 bridgehead atoms. The normalized spacial score (nSPS) is 10.7. The van der Waals surface area contributed by atoms with Crippen molar-refractivity contribution in [3.05, 3.63) is 36.4 Å². The Morgan fingerprint density at radius 3 is 2.63 bits per heavy atom. The van der Waals surface area contributed by atoms with Gasteiger partial charge in [-0.2, -0.15) is 0 Å². The molecule has 0 aliphatic heterocycles. The van der Waals surface area contributed by atoms with Gasteiger partial charge in [-0.1, -0.05) is 18.7 Å². The van der Waals surface area contributed by atoms with Gasteiger partial charge in [0, 0.05) is 6.54 Å². The number of benzene rings is 1. The molecule has 1 rings (SSSR count). The van der Waals surface area contributed by atoms with Crippen LogP contribution in [0.5, 0.6) is 5.75 Å². The predicted molar refractivity (Wildman–Crippen MR) is 76.3 cm³/mol. The van der Waals surface area contributed by atoms with E-state index < -0.39 is 11.7 Å². The molecule has 104 valence electrons. The molecule has 0 saturated heterocycles. The molecule has 0 saturated carbocycles. The minimum atomic E-state index is -0.499. The summed E-state index contributed by atoms with van der Waals surface area (Å²) in [6.45, 7) is 9.75. The van der Waals surface area contributed by atoms with Crippen LogP contribution in [0.3, 0.4) is 0 Å². The molecule has 1 N–H and O–H groups in total. The fourth-order valence-electron chi connectivity index (χ4n) is 1.44. The van der Waals surface area contributed by atoms with E-state index in [1.807, 2.05) is 45.0 Å². The van der Waals surface area contributed by atoms with E-state index in [9.17, 15) is 4.79 Å². The maximum atomic E-state index is 11.5. The zero-order chi connectivity index (χ0) is 14.5. The molecule has 0 aliphatic rings. The van der Waals surface area contributed by atoms with E-state index in [-0.39, 0.29) is 0 Å². The van der Waals surface area contributed by atoms with Crippen LogP contribution in [0, 0.1) is 0 Å². The average Bonchev–Trinajstić information content (AvgIpc) is 2.34. The third kappa shape index (κ3) is 5.46. The first-order valence-electron chi connectivity index (χ1n) is 6.11. The van der Waals surface area contributed by atoms with Crippen LogP contribution in [-0.2, 0) is 4.74 Å². The van der Waals surface area contributed by atoms with Crippen LogP contribution in [0.4, 0.5) is 4.79 Å². The van der Waals surface area contributed by atoms with Crippen LogP contribution in [-0.4, -0.2) is 25.3 Å². The Labute approximate surface area is 114 Å². The minimum Gasteiger partial charge on any atom is -0.497 e. The molecule has 1 aromatic carbocycles. The molecule has 0 atom stereocenters. The summed E-state index contributed by atoms with van der Waals surface area (Å²) in [6, 6.07) is 7.53. The lowest BCUT2D eigenvalue weighted by molar-refractivity contribution is 0.0535. The Morgan fingerprint density at radius 2 is 2.05 bits per heavy atom.